The molecule has 0 aliphatic carbocycles. The molecule has 8 heteroatoms. The second kappa shape index (κ2) is 21.8. The van der Waals surface area contributed by atoms with E-state index in [0.717, 1.165) is 121 Å². The monoisotopic (exact) mass is 638 g/mol. The van der Waals surface area contributed by atoms with Gasteiger partial charge >= 0.3 is 5.97 Å². The second-order valence-electron chi connectivity index (χ2n) is 14.2. The maximum absolute atomic E-state index is 11.6. The molecule has 0 bridgehead atoms. The lowest BCUT2D eigenvalue weighted by molar-refractivity contribution is -0.139. The molecule has 0 radical (unpaired) electrons. The highest BCUT2D eigenvalue weighted by atomic mass is 16.6. The summed E-state index contributed by atoms with van der Waals surface area (Å²) in [6.07, 6.45) is 21.3. The maximum Gasteiger partial charge on any atom is 0.334 e. The zero-order valence-corrected chi connectivity index (χ0v) is 28.5. The Labute approximate surface area is 273 Å². The Kier molecular flexibility index (Phi) is 18.6. The van der Waals surface area contributed by atoms with Crippen molar-refractivity contribution < 1.29 is 39.4 Å². The van der Waals surface area contributed by atoms with Crippen LogP contribution in [0.15, 0.2) is 11.6 Å². The van der Waals surface area contributed by atoms with Crippen LogP contribution in [0.4, 0.5) is 0 Å². The average Bonchev–Trinajstić information content (AvgIpc) is 3.77. The van der Waals surface area contributed by atoms with Crippen LogP contribution in [0.5, 0.6) is 0 Å². The summed E-state index contributed by atoms with van der Waals surface area (Å²) in [6.45, 7) is 4.08. The smallest absolute Gasteiger partial charge is 0.334 e. The Morgan fingerprint density at radius 3 is 1.67 bits per heavy atom. The van der Waals surface area contributed by atoms with Gasteiger partial charge in [0.05, 0.1) is 48.8 Å². The van der Waals surface area contributed by atoms with E-state index in [9.17, 15) is 25.2 Å². The van der Waals surface area contributed by atoms with E-state index in [-0.39, 0.29) is 48.7 Å². The third kappa shape index (κ3) is 14.7. The number of esters is 1. The van der Waals surface area contributed by atoms with Gasteiger partial charge in [-0.15, -0.1) is 0 Å². The lowest BCUT2D eigenvalue weighted by Crippen LogP contribution is -2.33. The van der Waals surface area contributed by atoms with Gasteiger partial charge in [-0.25, -0.2) is 4.79 Å². The largest absolute Gasteiger partial charge is 0.455 e. The standard InChI is InChI=1S/C37H66O8/c1-3-4-5-10-16-30(39)19-14-21-32(41)34-23-25-36(45-34)35-24-22-33(44-35)31(40)20-13-12-18-29(38)17-11-8-6-7-9-15-28-26-27(2)43-37(28)42/h26-27,29-36,38-41H,3-25H2,1-2H3/t27-,29+,30+,31-,32+,33-,34-,35-,36-/m1/s1. The number of rotatable bonds is 25. The van der Waals surface area contributed by atoms with Crippen molar-refractivity contribution in [2.24, 2.45) is 0 Å². The van der Waals surface area contributed by atoms with Crippen molar-refractivity contribution in [3.63, 3.8) is 0 Å². The van der Waals surface area contributed by atoms with Crippen LogP contribution in [0.25, 0.3) is 0 Å². The molecule has 0 aromatic rings. The molecule has 2 saturated heterocycles. The number of hydrogen-bond acceptors (Lipinski definition) is 8. The summed E-state index contributed by atoms with van der Waals surface area (Å²) in [5.41, 5.74) is 0.822. The highest BCUT2D eigenvalue weighted by Crippen LogP contribution is 2.34. The summed E-state index contributed by atoms with van der Waals surface area (Å²) in [4.78, 5) is 11.6. The van der Waals surface area contributed by atoms with E-state index in [4.69, 9.17) is 14.2 Å². The fourth-order valence-corrected chi connectivity index (χ4v) is 7.30. The number of carbonyl (C=O) groups excluding carboxylic acids is 1. The second-order valence-corrected chi connectivity index (χ2v) is 14.2. The highest BCUT2D eigenvalue weighted by molar-refractivity contribution is 5.90. The van der Waals surface area contributed by atoms with Crippen LogP contribution in [-0.4, -0.2) is 81.3 Å². The van der Waals surface area contributed by atoms with Crippen LogP contribution >= 0.6 is 0 Å². The zero-order valence-electron chi connectivity index (χ0n) is 28.5. The molecule has 0 unspecified atom stereocenters. The molecule has 0 amide bonds. The van der Waals surface area contributed by atoms with E-state index in [0.29, 0.717) is 12.8 Å². The number of unbranched alkanes of at least 4 members (excludes halogenated alkanes) is 8. The van der Waals surface area contributed by atoms with Gasteiger partial charge < -0.3 is 34.6 Å². The van der Waals surface area contributed by atoms with Crippen molar-refractivity contribution in [2.45, 2.75) is 216 Å². The van der Waals surface area contributed by atoms with E-state index >= 15 is 0 Å². The number of aliphatic hydroxyl groups is 4. The van der Waals surface area contributed by atoms with Gasteiger partial charge in [-0.3, -0.25) is 0 Å². The van der Waals surface area contributed by atoms with E-state index in [1.165, 1.54) is 19.3 Å². The summed E-state index contributed by atoms with van der Waals surface area (Å²) in [7, 11) is 0. The van der Waals surface area contributed by atoms with Gasteiger partial charge in [0.1, 0.15) is 6.10 Å². The highest BCUT2D eigenvalue weighted by Gasteiger charge is 2.40. The minimum atomic E-state index is -0.502. The van der Waals surface area contributed by atoms with Crippen LogP contribution in [0.2, 0.25) is 0 Å². The van der Waals surface area contributed by atoms with Gasteiger partial charge in [0.25, 0.3) is 0 Å². The Bertz CT molecular complexity index is 833. The van der Waals surface area contributed by atoms with Crippen molar-refractivity contribution in [3.05, 3.63) is 11.6 Å². The van der Waals surface area contributed by atoms with Crippen LogP contribution in [0.3, 0.4) is 0 Å². The summed E-state index contributed by atoms with van der Waals surface area (Å²) >= 11 is 0. The quantitative estimate of drug-likeness (QED) is 0.0634. The molecule has 4 N–H and O–H groups in total. The molecule has 9 atom stereocenters. The molecule has 262 valence electrons. The summed E-state index contributed by atoms with van der Waals surface area (Å²) in [5.74, 6) is -0.158. The molecule has 0 spiro atoms. The molecule has 2 fully saturated rings. The van der Waals surface area contributed by atoms with Gasteiger partial charge in [0, 0.05) is 5.57 Å². The Morgan fingerprint density at radius 1 is 0.644 bits per heavy atom. The summed E-state index contributed by atoms with van der Waals surface area (Å²) in [5, 5.41) is 42.0. The van der Waals surface area contributed by atoms with E-state index in [2.05, 4.69) is 6.92 Å². The van der Waals surface area contributed by atoms with Gasteiger partial charge in [0.2, 0.25) is 0 Å². The van der Waals surface area contributed by atoms with Crippen molar-refractivity contribution in [2.75, 3.05) is 0 Å². The van der Waals surface area contributed by atoms with Crippen molar-refractivity contribution in [1.29, 1.82) is 0 Å². The van der Waals surface area contributed by atoms with E-state index < -0.39 is 12.2 Å². The minimum Gasteiger partial charge on any atom is -0.455 e. The molecular formula is C37H66O8. The van der Waals surface area contributed by atoms with E-state index in [1.807, 2.05) is 13.0 Å². The first kappa shape index (κ1) is 38.4. The predicted molar refractivity (Wildman–Crippen MR) is 177 cm³/mol. The SMILES string of the molecule is CCCCCC[C@H](O)CCC[C@H](O)[C@H]1CC[C@H]([C@H]2CC[C@H]([C@H](O)CCCC[C@@H](O)CCCCCCCC3=C[C@@H](C)OC3=O)O2)O1. The fourth-order valence-electron chi connectivity index (χ4n) is 7.30. The van der Waals surface area contributed by atoms with Gasteiger partial charge in [0.15, 0.2) is 0 Å². The fraction of sp³-hybridized carbons (Fsp3) is 0.919. The lowest BCUT2D eigenvalue weighted by atomic mass is 9.99. The molecule has 3 aliphatic heterocycles. The number of cyclic esters (lactones) is 1. The molecule has 45 heavy (non-hydrogen) atoms. The predicted octanol–water partition coefficient (Wildman–Crippen LogP) is 6.83. The minimum absolute atomic E-state index is 0.0198. The van der Waals surface area contributed by atoms with Crippen LogP contribution in [0, 0.1) is 0 Å². The first-order valence-corrected chi connectivity index (χ1v) is 18.7. The van der Waals surface area contributed by atoms with Crippen molar-refractivity contribution >= 4 is 5.97 Å². The van der Waals surface area contributed by atoms with Crippen LogP contribution < -0.4 is 0 Å². The molecule has 3 heterocycles. The van der Waals surface area contributed by atoms with Crippen molar-refractivity contribution in [3.8, 4) is 0 Å². The zero-order chi connectivity index (χ0) is 32.4. The Morgan fingerprint density at radius 2 is 1.11 bits per heavy atom. The first-order valence-electron chi connectivity index (χ1n) is 18.7. The first-order chi connectivity index (χ1) is 21.8. The number of aliphatic hydroxyl groups excluding tert-OH is 4. The van der Waals surface area contributed by atoms with Crippen LogP contribution in [-0.2, 0) is 19.0 Å². The summed E-state index contributed by atoms with van der Waals surface area (Å²) < 4.78 is 17.6. The van der Waals surface area contributed by atoms with Gasteiger partial charge in [-0.2, -0.15) is 0 Å². The number of hydrogen-bond donors (Lipinski definition) is 4. The normalized spacial score (nSPS) is 27.8. The summed E-state index contributed by atoms with van der Waals surface area (Å²) in [6, 6.07) is 0. The van der Waals surface area contributed by atoms with Crippen molar-refractivity contribution in [1.82, 2.24) is 0 Å². The van der Waals surface area contributed by atoms with Gasteiger partial charge in [-0.1, -0.05) is 71.1 Å². The van der Waals surface area contributed by atoms with Crippen LogP contribution in [0.1, 0.15) is 162 Å². The molecule has 0 saturated carbocycles. The van der Waals surface area contributed by atoms with Gasteiger partial charge in [-0.05, 0) is 96.5 Å². The third-order valence-electron chi connectivity index (χ3n) is 10.1. The third-order valence-corrected chi connectivity index (χ3v) is 10.1. The lowest BCUT2D eigenvalue weighted by Gasteiger charge is -2.24. The molecular weight excluding hydrogens is 572 g/mol. The van der Waals surface area contributed by atoms with E-state index in [1.54, 1.807) is 0 Å². The molecule has 8 nitrogen and oxygen atoms in total. The molecule has 0 aromatic heterocycles. The Hall–Kier alpha value is -1.03. The topological polar surface area (TPSA) is 126 Å². The maximum atomic E-state index is 11.6. The molecule has 3 rings (SSSR count). The average molecular weight is 639 g/mol. The molecule has 3 aliphatic rings. The Balaban J connectivity index is 1.16. The number of ether oxygens (including phenoxy) is 3. The number of carbonyl (C=O) groups is 1. The molecule has 0 aromatic carbocycles.